The number of benzene rings is 1. The molecule has 3 N–H and O–H groups in total. The van der Waals surface area contributed by atoms with Crippen molar-refractivity contribution in [2.75, 3.05) is 18.4 Å². The Balaban J connectivity index is 2.12. The van der Waals surface area contributed by atoms with Gasteiger partial charge in [-0.1, -0.05) is 6.92 Å². The van der Waals surface area contributed by atoms with Gasteiger partial charge >= 0.3 is 0 Å². The van der Waals surface area contributed by atoms with Crippen LogP contribution in [-0.2, 0) is 4.79 Å². The van der Waals surface area contributed by atoms with Crippen LogP contribution in [0.1, 0.15) is 30.6 Å². The van der Waals surface area contributed by atoms with E-state index >= 15 is 0 Å². The second-order valence-corrected chi connectivity index (χ2v) is 5.43. The molecule has 6 heteroatoms. The van der Waals surface area contributed by atoms with Crippen LogP contribution < -0.4 is 16.0 Å². The van der Waals surface area contributed by atoms with Crippen molar-refractivity contribution in [3.8, 4) is 0 Å². The van der Waals surface area contributed by atoms with E-state index < -0.39 is 11.7 Å². The van der Waals surface area contributed by atoms with E-state index in [0.29, 0.717) is 11.6 Å². The predicted molar refractivity (Wildman–Crippen MR) is 78.6 cm³/mol. The maximum absolute atomic E-state index is 13.8. The lowest BCUT2D eigenvalue weighted by atomic mass is 9.95. The lowest BCUT2D eigenvalue weighted by Gasteiger charge is -2.30. The molecular weight excluding hydrogens is 273 g/mol. The van der Waals surface area contributed by atoms with Gasteiger partial charge < -0.3 is 16.0 Å². The fraction of sp³-hybridized carbons (Fsp3) is 0.467. The number of hydrogen-bond acceptors (Lipinski definition) is 3. The van der Waals surface area contributed by atoms with Gasteiger partial charge in [-0.2, -0.15) is 0 Å². The third kappa shape index (κ3) is 4.01. The lowest BCUT2D eigenvalue weighted by molar-refractivity contribution is -0.114. The topological polar surface area (TPSA) is 70.2 Å². The highest BCUT2D eigenvalue weighted by Gasteiger charge is 2.24. The van der Waals surface area contributed by atoms with Gasteiger partial charge in [0.2, 0.25) is 5.91 Å². The van der Waals surface area contributed by atoms with Crippen molar-refractivity contribution in [1.29, 1.82) is 0 Å². The molecule has 2 rings (SSSR count). The minimum Gasteiger partial charge on any atom is -0.349 e. The fourth-order valence-electron chi connectivity index (χ4n) is 2.45. The molecule has 5 nitrogen and oxygen atoms in total. The Labute approximate surface area is 123 Å². The van der Waals surface area contributed by atoms with Crippen molar-refractivity contribution in [3.05, 3.63) is 29.6 Å². The van der Waals surface area contributed by atoms with Gasteiger partial charge in [-0.3, -0.25) is 9.59 Å². The molecule has 1 aromatic carbocycles. The summed E-state index contributed by atoms with van der Waals surface area (Å²) in [5, 5.41) is 8.67. The van der Waals surface area contributed by atoms with E-state index in [9.17, 15) is 14.0 Å². The monoisotopic (exact) mass is 293 g/mol. The molecule has 0 spiro atoms. The molecule has 2 unspecified atom stereocenters. The summed E-state index contributed by atoms with van der Waals surface area (Å²) in [4.78, 5) is 23.3. The van der Waals surface area contributed by atoms with Gasteiger partial charge in [0.25, 0.3) is 5.91 Å². The normalized spacial score (nSPS) is 21.7. The maximum Gasteiger partial charge on any atom is 0.254 e. The fourth-order valence-corrected chi connectivity index (χ4v) is 2.45. The molecule has 1 aliphatic rings. The Hall–Kier alpha value is -1.95. The Morgan fingerprint density at radius 1 is 1.38 bits per heavy atom. The summed E-state index contributed by atoms with van der Waals surface area (Å²) in [6.45, 7) is 5.07. The second kappa shape index (κ2) is 6.67. The first kappa shape index (κ1) is 15.4. The zero-order valence-electron chi connectivity index (χ0n) is 12.2. The molecule has 0 bridgehead atoms. The van der Waals surface area contributed by atoms with E-state index in [2.05, 4.69) is 16.0 Å². The number of hydrogen-bond donors (Lipinski definition) is 3. The van der Waals surface area contributed by atoms with E-state index in [1.807, 2.05) is 6.92 Å². The van der Waals surface area contributed by atoms with E-state index in [0.717, 1.165) is 19.5 Å². The molecule has 0 aliphatic carbocycles. The van der Waals surface area contributed by atoms with Gasteiger partial charge in [-0.15, -0.1) is 0 Å². The summed E-state index contributed by atoms with van der Waals surface area (Å²) in [5.41, 5.74) is 0.361. The molecule has 0 radical (unpaired) electrons. The Morgan fingerprint density at radius 2 is 2.14 bits per heavy atom. The summed E-state index contributed by atoms with van der Waals surface area (Å²) >= 11 is 0. The minimum atomic E-state index is -0.594. The van der Waals surface area contributed by atoms with E-state index in [1.165, 1.54) is 25.1 Å². The Morgan fingerprint density at radius 3 is 2.81 bits per heavy atom. The van der Waals surface area contributed by atoms with Crippen LogP contribution in [0, 0.1) is 11.7 Å². The number of carbonyl (C=O) groups excluding carboxylic acids is 2. The summed E-state index contributed by atoms with van der Waals surface area (Å²) < 4.78 is 13.8. The van der Waals surface area contributed by atoms with Crippen molar-refractivity contribution in [1.82, 2.24) is 10.6 Å². The quantitative estimate of drug-likeness (QED) is 0.791. The molecule has 1 saturated heterocycles. The van der Waals surface area contributed by atoms with Crippen LogP contribution in [0.5, 0.6) is 0 Å². The van der Waals surface area contributed by atoms with Crippen LogP contribution in [0.25, 0.3) is 0 Å². The van der Waals surface area contributed by atoms with E-state index in [4.69, 9.17) is 0 Å². The molecule has 1 heterocycles. The number of carbonyl (C=O) groups is 2. The summed E-state index contributed by atoms with van der Waals surface area (Å²) in [6, 6.07) is 4.01. The molecule has 21 heavy (non-hydrogen) atoms. The van der Waals surface area contributed by atoms with Crippen molar-refractivity contribution in [3.63, 3.8) is 0 Å². The number of rotatable bonds is 3. The second-order valence-electron chi connectivity index (χ2n) is 5.43. The molecule has 0 saturated carbocycles. The van der Waals surface area contributed by atoms with Crippen LogP contribution in [0.15, 0.2) is 18.2 Å². The summed E-state index contributed by atoms with van der Waals surface area (Å²) in [6.07, 6.45) is 0.819. The van der Waals surface area contributed by atoms with Crippen LogP contribution in [0.2, 0.25) is 0 Å². The lowest BCUT2D eigenvalue weighted by Crippen LogP contribution is -2.48. The molecule has 2 amide bonds. The van der Waals surface area contributed by atoms with Gasteiger partial charge in [0.1, 0.15) is 5.82 Å². The van der Waals surface area contributed by atoms with Crippen molar-refractivity contribution >= 4 is 17.5 Å². The zero-order chi connectivity index (χ0) is 15.4. The summed E-state index contributed by atoms with van der Waals surface area (Å²) in [7, 11) is 0. The van der Waals surface area contributed by atoms with Crippen molar-refractivity contribution < 1.29 is 14.0 Å². The molecule has 1 aliphatic heterocycles. The van der Waals surface area contributed by atoms with E-state index in [1.54, 1.807) is 0 Å². The highest BCUT2D eigenvalue weighted by Crippen LogP contribution is 2.17. The summed E-state index contributed by atoms with van der Waals surface area (Å²) in [5.74, 6) is -1.01. The van der Waals surface area contributed by atoms with Gasteiger partial charge in [0.15, 0.2) is 0 Å². The van der Waals surface area contributed by atoms with Gasteiger partial charge in [-0.25, -0.2) is 4.39 Å². The minimum absolute atomic E-state index is 0.0302. The number of halogens is 1. The highest BCUT2D eigenvalue weighted by atomic mass is 19.1. The zero-order valence-corrected chi connectivity index (χ0v) is 12.2. The van der Waals surface area contributed by atoms with Crippen molar-refractivity contribution in [2.45, 2.75) is 26.3 Å². The predicted octanol–water partition coefficient (Wildman–Crippen LogP) is 1.51. The van der Waals surface area contributed by atoms with Gasteiger partial charge in [-0.05, 0) is 43.6 Å². The molecule has 114 valence electrons. The highest BCUT2D eigenvalue weighted by molar-refractivity contribution is 5.97. The third-order valence-electron chi connectivity index (χ3n) is 3.63. The molecule has 0 aromatic heterocycles. The van der Waals surface area contributed by atoms with Crippen LogP contribution in [0.4, 0.5) is 10.1 Å². The number of anilines is 1. The first-order valence-corrected chi connectivity index (χ1v) is 7.06. The Bertz CT molecular complexity index is 548. The first-order chi connectivity index (χ1) is 9.97. The first-order valence-electron chi connectivity index (χ1n) is 7.06. The van der Waals surface area contributed by atoms with Gasteiger partial charge in [0, 0.05) is 18.7 Å². The number of nitrogens with one attached hydrogen (secondary N) is 3. The largest absolute Gasteiger partial charge is 0.349 e. The van der Waals surface area contributed by atoms with Crippen LogP contribution in [0.3, 0.4) is 0 Å². The number of piperidine rings is 1. The smallest absolute Gasteiger partial charge is 0.254 e. The molecule has 1 fully saturated rings. The van der Waals surface area contributed by atoms with Crippen LogP contribution in [-0.4, -0.2) is 30.9 Å². The average molecular weight is 293 g/mol. The maximum atomic E-state index is 13.8. The SMILES string of the molecule is CC(=O)Nc1ccc(F)c(C(=O)NC2CCNCC2C)c1. The van der Waals surface area contributed by atoms with Crippen molar-refractivity contribution in [2.24, 2.45) is 5.92 Å². The Kier molecular flexibility index (Phi) is 4.90. The molecular formula is C15H20FN3O2. The molecule has 1 aromatic rings. The van der Waals surface area contributed by atoms with E-state index in [-0.39, 0.29) is 17.5 Å². The average Bonchev–Trinajstić information content (AvgIpc) is 2.43. The molecule has 2 atom stereocenters. The standard InChI is InChI=1S/C15H20FN3O2/c1-9-8-17-6-5-14(9)19-15(21)12-7-11(18-10(2)20)3-4-13(12)16/h3-4,7,9,14,17H,5-6,8H2,1-2H3,(H,18,20)(H,19,21). The van der Waals surface area contributed by atoms with Gasteiger partial charge in [0.05, 0.1) is 5.56 Å². The third-order valence-corrected chi connectivity index (χ3v) is 3.63. The number of amides is 2. The van der Waals surface area contributed by atoms with Crippen LogP contribution >= 0.6 is 0 Å².